The quantitative estimate of drug-likeness (QED) is 0.848. The van der Waals surface area contributed by atoms with Gasteiger partial charge in [0.05, 0.1) is 18.5 Å². The molecule has 88 valence electrons. The zero-order valence-electron chi connectivity index (χ0n) is 9.55. The Bertz CT molecular complexity index is 527. The molecule has 3 N–H and O–H groups in total. The van der Waals surface area contributed by atoms with Gasteiger partial charge in [0.1, 0.15) is 5.75 Å². The summed E-state index contributed by atoms with van der Waals surface area (Å²) >= 11 is 0. The predicted molar refractivity (Wildman–Crippen MR) is 65.8 cm³/mol. The summed E-state index contributed by atoms with van der Waals surface area (Å²) in [6.07, 6.45) is 1.55. The van der Waals surface area contributed by atoms with Gasteiger partial charge in [-0.15, -0.1) is 0 Å². The van der Waals surface area contributed by atoms with Crippen LogP contribution in [-0.4, -0.2) is 10.1 Å². The van der Waals surface area contributed by atoms with Crippen molar-refractivity contribution >= 4 is 5.69 Å². The lowest BCUT2D eigenvalue weighted by Gasteiger charge is -2.10. The zero-order valence-corrected chi connectivity index (χ0v) is 9.55. The maximum Gasteiger partial charge on any atom is 0.222 e. The molecule has 0 saturated heterocycles. The van der Waals surface area contributed by atoms with Gasteiger partial charge < -0.3 is 15.6 Å². The first-order valence-electron chi connectivity index (χ1n) is 5.29. The number of aromatic nitrogens is 1. The summed E-state index contributed by atoms with van der Waals surface area (Å²) in [6, 6.07) is 9.09. The van der Waals surface area contributed by atoms with Crippen molar-refractivity contribution in [2.75, 3.05) is 5.73 Å². The molecule has 0 saturated carbocycles. The fourth-order valence-corrected chi connectivity index (χ4v) is 1.53. The third kappa shape index (κ3) is 2.54. The number of pyridine rings is 1. The second-order valence-corrected chi connectivity index (χ2v) is 3.76. The molecular formula is C13H14N2O2. The van der Waals surface area contributed by atoms with Gasteiger partial charge in [0.15, 0.2) is 0 Å². The maximum atomic E-state index is 9.19. The lowest BCUT2D eigenvalue weighted by molar-refractivity contribution is 0.276. The van der Waals surface area contributed by atoms with Crippen LogP contribution in [0, 0.1) is 6.92 Å². The first-order valence-corrected chi connectivity index (χ1v) is 5.29. The lowest BCUT2D eigenvalue weighted by atomic mass is 10.2. The van der Waals surface area contributed by atoms with E-state index in [0.29, 0.717) is 17.3 Å². The van der Waals surface area contributed by atoms with Crippen molar-refractivity contribution in [3.63, 3.8) is 0 Å². The fourth-order valence-electron chi connectivity index (χ4n) is 1.53. The maximum absolute atomic E-state index is 9.19. The van der Waals surface area contributed by atoms with Crippen LogP contribution in [0.4, 0.5) is 5.69 Å². The SMILES string of the molecule is Cc1cc(N)cnc1Oc1ccccc1CO. The van der Waals surface area contributed by atoms with E-state index in [1.165, 1.54) is 0 Å². The molecule has 0 aliphatic heterocycles. The molecule has 4 nitrogen and oxygen atoms in total. The predicted octanol–water partition coefficient (Wildman–Crippen LogP) is 2.26. The Morgan fingerprint density at radius 3 is 2.82 bits per heavy atom. The number of aliphatic hydroxyl groups is 1. The number of hydrogen-bond acceptors (Lipinski definition) is 4. The molecule has 0 unspecified atom stereocenters. The Morgan fingerprint density at radius 2 is 2.12 bits per heavy atom. The smallest absolute Gasteiger partial charge is 0.222 e. The summed E-state index contributed by atoms with van der Waals surface area (Å²) < 4.78 is 5.66. The van der Waals surface area contributed by atoms with Gasteiger partial charge in [-0.1, -0.05) is 18.2 Å². The second-order valence-electron chi connectivity index (χ2n) is 3.76. The molecule has 2 rings (SSSR count). The summed E-state index contributed by atoms with van der Waals surface area (Å²) in [5.74, 6) is 1.11. The minimum Gasteiger partial charge on any atom is -0.438 e. The normalized spacial score (nSPS) is 10.2. The van der Waals surface area contributed by atoms with Crippen LogP contribution in [0.2, 0.25) is 0 Å². The van der Waals surface area contributed by atoms with Gasteiger partial charge in [0.25, 0.3) is 0 Å². The van der Waals surface area contributed by atoms with Gasteiger partial charge in [-0.2, -0.15) is 0 Å². The molecule has 0 fully saturated rings. The molecule has 0 spiro atoms. The van der Waals surface area contributed by atoms with E-state index in [9.17, 15) is 5.11 Å². The highest BCUT2D eigenvalue weighted by atomic mass is 16.5. The van der Waals surface area contributed by atoms with Crippen LogP contribution in [-0.2, 0) is 6.61 Å². The van der Waals surface area contributed by atoms with E-state index in [1.54, 1.807) is 18.3 Å². The summed E-state index contributed by atoms with van der Waals surface area (Å²) in [6.45, 7) is 1.81. The number of anilines is 1. The molecular weight excluding hydrogens is 216 g/mol. The second kappa shape index (κ2) is 4.84. The van der Waals surface area contributed by atoms with E-state index in [-0.39, 0.29) is 6.61 Å². The standard InChI is InChI=1S/C13H14N2O2/c1-9-6-11(14)7-15-13(9)17-12-5-3-2-4-10(12)8-16/h2-7,16H,8,14H2,1H3. The topological polar surface area (TPSA) is 68.4 Å². The number of hydrogen-bond donors (Lipinski definition) is 2. The first kappa shape index (κ1) is 11.4. The van der Waals surface area contributed by atoms with Crippen molar-refractivity contribution in [2.24, 2.45) is 0 Å². The van der Waals surface area contributed by atoms with Crippen LogP contribution in [0.15, 0.2) is 36.5 Å². The molecule has 1 heterocycles. The van der Waals surface area contributed by atoms with Crippen LogP contribution >= 0.6 is 0 Å². The third-order valence-electron chi connectivity index (χ3n) is 2.40. The number of para-hydroxylation sites is 1. The van der Waals surface area contributed by atoms with Crippen molar-refractivity contribution in [1.82, 2.24) is 4.98 Å². The summed E-state index contributed by atoms with van der Waals surface area (Å²) in [4.78, 5) is 4.12. The Morgan fingerprint density at radius 1 is 1.35 bits per heavy atom. The van der Waals surface area contributed by atoms with E-state index >= 15 is 0 Å². The molecule has 0 amide bonds. The van der Waals surface area contributed by atoms with Crippen molar-refractivity contribution in [1.29, 1.82) is 0 Å². The van der Waals surface area contributed by atoms with Gasteiger partial charge >= 0.3 is 0 Å². The van der Waals surface area contributed by atoms with Crippen LogP contribution in [0.3, 0.4) is 0 Å². The van der Waals surface area contributed by atoms with E-state index in [4.69, 9.17) is 10.5 Å². The molecule has 1 aromatic heterocycles. The van der Waals surface area contributed by atoms with Gasteiger partial charge in [0.2, 0.25) is 5.88 Å². The number of aryl methyl sites for hydroxylation is 1. The molecule has 2 aromatic rings. The Labute approximate surface area is 99.7 Å². The van der Waals surface area contributed by atoms with Crippen molar-refractivity contribution in [3.8, 4) is 11.6 Å². The number of rotatable bonds is 3. The highest BCUT2D eigenvalue weighted by Crippen LogP contribution is 2.26. The van der Waals surface area contributed by atoms with Crippen molar-refractivity contribution in [3.05, 3.63) is 47.7 Å². The zero-order chi connectivity index (χ0) is 12.3. The number of nitrogens with two attached hydrogens (primary N) is 1. The van der Waals surface area contributed by atoms with Gasteiger partial charge in [-0.25, -0.2) is 4.98 Å². The van der Waals surface area contributed by atoms with Gasteiger partial charge in [-0.05, 0) is 19.1 Å². The average Bonchev–Trinajstić information content (AvgIpc) is 2.33. The molecule has 0 atom stereocenters. The lowest BCUT2D eigenvalue weighted by Crippen LogP contribution is -1.96. The Kier molecular flexibility index (Phi) is 3.25. The fraction of sp³-hybridized carbons (Fsp3) is 0.154. The number of ether oxygens (including phenoxy) is 1. The molecule has 0 bridgehead atoms. The summed E-state index contributed by atoms with van der Waals surface area (Å²) in [5.41, 5.74) is 7.81. The summed E-state index contributed by atoms with van der Waals surface area (Å²) in [5, 5.41) is 9.19. The highest BCUT2D eigenvalue weighted by molar-refractivity contribution is 5.44. The molecule has 1 aromatic carbocycles. The van der Waals surface area contributed by atoms with E-state index in [0.717, 1.165) is 11.1 Å². The summed E-state index contributed by atoms with van der Waals surface area (Å²) in [7, 11) is 0. The first-order chi connectivity index (χ1) is 8.20. The molecule has 0 aliphatic rings. The van der Waals surface area contributed by atoms with Crippen LogP contribution in [0.25, 0.3) is 0 Å². The molecule has 17 heavy (non-hydrogen) atoms. The molecule has 0 aliphatic carbocycles. The van der Waals surface area contributed by atoms with Crippen molar-refractivity contribution in [2.45, 2.75) is 13.5 Å². The number of nitrogen functional groups attached to an aromatic ring is 1. The third-order valence-corrected chi connectivity index (χ3v) is 2.40. The number of benzene rings is 1. The van der Waals surface area contributed by atoms with Gasteiger partial charge in [0, 0.05) is 11.1 Å². The van der Waals surface area contributed by atoms with Crippen LogP contribution < -0.4 is 10.5 Å². The van der Waals surface area contributed by atoms with E-state index < -0.39 is 0 Å². The Hall–Kier alpha value is -2.07. The Balaban J connectivity index is 2.31. The van der Waals surface area contributed by atoms with E-state index in [2.05, 4.69) is 4.98 Å². The largest absolute Gasteiger partial charge is 0.438 e. The molecule has 4 heteroatoms. The van der Waals surface area contributed by atoms with Crippen molar-refractivity contribution < 1.29 is 9.84 Å². The highest BCUT2D eigenvalue weighted by Gasteiger charge is 2.06. The van der Waals surface area contributed by atoms with E-state index in [1.807, 2.05) is 25.1 Å². The average molecular weight is 230 g/mol. The minimum atomic E-state index is -0.0653. The monoisotopic (exact) mass is 230 g/mol. The van der Waals surface area contributed by atoms with Crippen LogP contribution in [0.1, 0.15) is 11.1 Å². The van der Waals surface area contributed by atoms with Crippen LogP contribution in [0.5, 0.6) is 11.6 Å². The van der Waals surface area contributed by atoms with Gasteiger partial charge in [-0.3, -0.25) is 0 Å². The minimum absolute atomic E-state index is 0.0653. The number of aliphatic hydroxyl groups excluding tert-OH is 1. The molecule has 0 radical (unpaired) electrons. The number of nitrogens with zero attached hydrogens (tertiary/aromatic N) is 1.